The molecule has 0 fully saturated rings. The van der Waals surface area contributed by atoms with Crippen LogP contribution in [0.1, 0.15) is 11.1 Å². The Morgan fingerprint density at radius 2 is 1.56 bits per heavy atom. The number of hydrogen-bond acceptors (Lipinski definition) is 3. The van der Waals surface area contributed by atoms with Crippen LogP contribution in [0.5, 0.6) is 0 Å². The Labute approximate surface area is 143 Å². The molecule has 3 rings (SSSR count). The third kappa shape index (κ3) is 3.63. The fourth-order valence-electron chi connectivity index (χ4n) is 2.45. The van der Waals surface area contributed by atoms with Crippen molar-refractivity contribution in [3.8, 4) is 11.4 Å². The van der Waals surface area contributed by atoms with E-state index >= 15 is 0 Å². The third-order valence-corrected chi connectivity index (χ3v) is 3.85. The molecule has 0 aliphatic heterocycles. The van der Waals surface area contributed by atoms with Crippen molar-refractivity contribution in [2.24, 2.45) is 0 Å². The summed E-state index contributed by atoms with van der Waals surface area (Å²) in [6, 6.07) is 16.2. The Balaban J connectivity index is 2.12. The molecule has 0 spiro atoms. The smallest absolute Gasteiger partial charge is 0.329 e. The van der Waals surface area contributed by atoms with Crippen LogP contribution in [-0.2, 0) is 6.18 Å². The minimum Gasteiger partial charge on any atom is -0.329 e. The van der Waals surface area contributed by atoms with E-state index in [2.05, 4.69) is 9.97 Å². The largest absolute Gasteiger partial charge is 0.421 e. The average molecular weight is 343 g/mol. The van der Waals surface area contributed by atoms with Gasteiger partial charge in [-0.25, -0.2) is 9.97 Å². The molecule has 3 aromatic rings. The lowest BCUT2D eigenvalue weighted by molar-refractivity contribution is -0.137. The standard InChI is InChI=1S/C19H16F3N3/c1-13-8-10-15(11-9-13)25(2)18-16(19(20,21)22)12-23-17(24-18)14-6-4-3-5-7-14/h3-12H,1-2H3. The second-order valence-corrected chi connectivity index (χ2v) is 5.69. The molecular weight excluding hydrogens is 327 g/mol. The number of alkyl halides is 3. The zero-order valence-electron chi connectivity index (χ0n) is 13.7. The molecule has 0 atom stereocenters. The van der Waals surface area contributed by atoms with Crippen LogP contribution >= 0.6 is 0 Å². The highest BCUT2D eigenvalue weighted by Crippen LogP contribution is 2.37. The van der Waals surface area contributed by atoms with E-state index in [0.717, 1.165) is 11.8 Å². The summed E-state index contributed by atoms with van der Waals surface area (Å²) in [5.74, 6) is 0.0766. The summed E-state index contributed by atoms with van der Waals surface area (Å²) in [7, 11) is 1.57. The van der Waals surface area contributed by atoms with E-state index in [1.807, 2.05) is 25.1 Å². The van der Waals surface area contributed by atoms with Crippen molar-refractivity contribution in [3.63, 3.8) is 0 Å². The minimum absolute atomic E-state index is 0.176. The van der Waals surface area contributed by atoms with Gasteiger partial charge in [0, 0.05) is 24.5 Å². The second-order valence-electron chi connectivity index (χ2n) is 5.69. The Morgan fingerprint density at radius 3 is 2.16 bits per heavy atom. The van der Waals surface area contributed by atoms with Gasteiger partial charge in [-0.15, -0.1) is 0 Å². The van der Waals surface area contributed by atoms with Gasteiger partial charge >= 0.3 is 6.18 Å². The number of aromatic nitrogens is 2. The molecule has 0 aliphatic rings. The number of benzene rings is 2. The fraction of sp³-hybridized carbons (Fsp3) is 0.158. The van der Waals surface area contributed by atoms with Gasteiger partial charge in [-0.2, -0.15) is 13.2 Å². The number of hydrogen-bond donors (Lipinski definition) is 0. The maximum Gasteiger partial charge on any atom is 0.421 e. The zero-order valence-corrected chi connectivity index (χ0v) is 13.7. The molecular formula is C19H16F3N3. The van der Waals surface area contributed by atoms with E-state index in [4.69, 9.17) is 0 Å². The summed E-state index contributed by atoms with van der Waals surface area (Å²) in [5, 5.41) is 0. The molecule has 128 valence electrons. The molecule has 1 heterocycles. The third-order valence-electron chi connectivity index (χ3n) is 3.85. The molecule has 0 saturated carbocycles. The van der Waals surface area contributed by atoms with Crippen molar-refractivity contribution in [1.29, 1.82) is 0 Å². The number of nitrogens with zero attached hydrogens (tertiary/aromatic N) is 3. The zero-order chi connectivity index (χ0) is 18.0. The molecule has 0 amide bonds. The summed E-state index contributed by atoms with van der Waals surface area (Å²) < 4.78 is 40.2. The van der Waals surface area contributed by atoms with Gasteiger partial charge in [0.1, 0.15) is 11.4 Å². The first-order valence-corrected chi connectivity index (χ1v) is 7.66. The van der Waals surface area contributed by atoms with Crippen LogP contribution in [-0.4, -0.2) is 17.0 Å². The number of halogens is 3. The van der Waals surface area contributed by atoms with Crippen LogP contribution in [0.25, 0.3) is 11.4 Å². The number of aryl methyl sites for hydroxylation is 1. The Hall–Kier alpha value is -2.89. The molecule has 0 bridgehead atoms. The first kappa shape index (κ1) is 17.0. The molecule has 0 N–H and O–H groups in total. The molecule has 0 radical (unpaired) electrons. The molecule has 2 aromatic carbocycles. The second kappa shape index (κ2) is 6.55. The highest BCUT2D eigenvalue weighted by molar-refractivity contribution is 5.66. The van der Waals surface area contributed by atoms with Crippen LogP contribution in [0.15, 0.2) is 60.8 Å². The maximum absolute atomic E-state index is 13.4. The number of rotatable bonds is 3. The summed E-state index contributed by atoms with van der Waals surface area (Å²) in [5.41, 5.74) is 1.44. The van der Waals surface area contributed by atoms with Crippen molar-refractivity contribution in [2.45, 2.75) is 13.1 Å². The minimum atomic E-state index is -4.54. The number of anilines is 2. The summed E-state index contributed by atoms with van der Waals surface area (Å²) in [6.07, 6.45) is -3.70. The highest BCUT2D eigenvalue weighted by atomic mass is 19.4. The Morgan fingerprint density at radius 1 is 0.920 bits per heavy atom. The van der Waals surface area contributed by atoms with Gasteiger partial charge < -0.3 is 4.90 Å². The van der Waals surface area contributed by atoms with E-state index in [0.29, 0.717) is 11.3 Å². The van der Waals surface area contributed by atoms with Crippen LogP contribution in [0.4, 0.5) is 24.7 Å². The lowest BCUT2D eigenvalue weighted by Gasteiger charge is -2.23. The molecule has 0 unspecified atom stereocenters. The summed E-state index contributed by atoms with van der Waals surface area (Å²) in [4.78, 5) is 9.54. The fourth-order valence-corrected chi connectivity index (χ4v) is 2.45. The van der Waals surface area contributed by atoms with Crippen molar-refractivity contribution in [1.82, 2.24) is 9.97 Å². The van der Waals surface area contributed by atoms with E-state index in [1.165, 1.54) is 4.90 Å². The first-order chi connectivity index (χ1) is 11.9. The molecule has 0 saturated heterocycles. The lowest BCUT2D eigenvalue weighted by atomic mass is 10.2. The van der Waals surface area contributed by atoms with Crippen LogP contribution < -0.4 is 4.90 Å². The Bertz CT molecular complexity index is 859. The SMILES string of the molecule is Cc1ccc(N(C)c2nc(-c3ccccc3)ncc2C(F)(F)F)cc1. The van der Waals surface area contributed by atoms with Gasteiger partial charge in [-0.1, -0.05) is 48.0 Å². The van der Waals surface area contributed by atoms with Gasteiger partial charge in [-0.05, 0) is 19.1 Å². The van der Waals surface area contributed by atoms with Crippen LogP contribution in [0.2, 0.25) is 0 Å². The van der Waals surface area contributed by atoms with Crippen molar-refractivity contribution in [2.75, 3.05) is 11.9 Å². The summed E-state index contributed by atoms with van der Waals surface area (Å²) >= 11 is 0. The molecule has 25 heavy (non-hydrogen) atoms. The Kier molecular flexibility index (Phi) is 4.44. The summed E-state index contributed by atoms with van der Waals surface area (Å²) in [6.45, 7) is 1.92. The van der Waals surface area contributed by atoms with Gasteiger partial charge in [-0.3, -0.25) is 0 Å². The van der Waals surface area contributed by atoms with Gasteiger partial charge in [0.05, 0.1) is 0 Å². The monoisotopic (exact) mass is 343 g/mol. The van der Waals surface area contributed by atoms with Crippen molar-refractivity contribution < 1.29 is 13.2 Å². The molecule has 1 aromatic heterocycles. The molecule has 6 heteroatoms. The van der Waals surface area contributed by atoms with Crippen molar-refractivity contribution in [3.05, 3.63) is 71.9 Å². The van der Waals surface area contributed by atoms with Crippen molar-refractivity contribution >= 4 is 11.5 Å². The lowest BCUT2D eigenvalue weighted by Crippen LogP contribution is -2.19. The van der Waals surface area contributed by atoms with Crippen LogP contribution in [0.3, 0.4) is 0 Å². The topological polar surface area (TPSA) is 29.0 Å². The van der Waals surface area contributed by atoms with E-state index in [-0.39, 0.29) is 11.6 Å². The van der Waals surface area contributed by atoms with Crippen LogP contribution in [0, 0.1) is 6.92 Å². The maximum atomic E-state index is 13.4. The van der Waals surface area contributed by atoms with Gasteiger partial charge in [0.2, 0.25) is 0 Å². The van der Waals surface area contributed by atoms with E-state index < -0.39 is 11.7 Å². The molecule has 0 aliphatic carbocycles. The first-order valence-electron chi connectivity index (χ1n) is 7.66. The van der Waals surface area contributed by atoms with Gasteiger partial charge in [0.15, 0.2) is 5.82 Å². The predicted octanol–water partition coefficient (Wildman–Crippen LogP) is 5.24. The van der Waals surface area contributed by atoms with E-state index in [1.54, 1.807) is 43.4 Å². The highest BCUT2D eigenvalue weighted by Gasteiger charge is 2.36. The normalized spacial score (nSPS) is 11.4. The quantitative estimate of drug-likeness (QED) is 0.651. The van der Waals surface area contributed by atoms with E-state index in [9.17, 15) is 13.2 Å². The molecule has 3 nitrogen and oxygen atoms in total. The average Bonchev–Trinajstić information content (AvgIpc) is 2.61. The van der Waals surface area contributed by atoms with Gasteiger partial charge in [0.25, 0.3) is 0 Å². The predicted molar refractivity (Wildman–Crippen MR) is 91.7 cm³/mol.